The van der Waals surface area contributed by atoms with Crippen molar-refractivity contribution >= 4 is 21.8 Å². The van der Waals surface area contributed by atoms with Gasteiger partial charge in [0, 0.05) is 24.7 Å². The highest BCUT2D eigenvalue weighted by atomic mass is 79.9. The molecule has 0 aliphatic rings. The molecule has 0 radical (unpaired) electrons. The first-order valence-electron chi connectivity index (χ1n) is 8.47. The van der Waals surface area contributed by atoms with Gasteiger partial charge in [0.1, 0.15) is 0 Å². The van der Waals surface area contributed by atoms with Crippen molar-refractivity contribution < 1.29 is 14.3 Å². The average molecular weight is 401 g/mol. The quantitative estimate of drug-likeness (QED) is 0.650. The molecule has 0 saturated carbocycles. The normalized spacial score (nSPS) is 11.0. The number of ether oxygens (including phenoxy) is 2. The van der Waals surface area contributed by atoms with Gasteiger partial charge >= 0.3 is 0 Å². The summed E-state index contributed by atoms with van der Waals surface area (Å²) in [7, 11) is 1.57. The Balaban J connectivity index is 2.75. The maximum absolute atomic E-state index is 12.4. The average Bonchev–Trinajstić information content (AvgIpc) is 2.56. The fourth-order valence-electron chi connectivity index (χ4n) is 2.39. The summed E-state index contributed by atoms with van der Waals surface area (Å²) in [6.45, 7) is 11.5. The molecular formula is C18H29BrN2O3. The molecule has 0 unspecified atom stereocenters. The van der Waals surface area contributed by atoms with Crippen LogP contribution in [0.5, 0.6) is 11.5 Å². The minimum Gasteiger partial charge on any atom is -0.493 e. The van der Waals surface area contributed by atoms with E-state index in [1.165, 1.54) is 0 Å². The van der Waals surface area contributed by atoms with Gasteiger partial charge in [-0.1, -0.05) is 13.8 Å². The van der Waals surface area contributed by atoms with Crippen LogP contribution in [0.1, 0.15) is 44.5 Å². The molecule has 1 rings (SSSR count). The highest BCUT2D eigenvalue weighted by Gasteiger charge is 2.16. The van der Waals surface area contributed by atoms with E-state index in [1.54, 1.807) is 19.2 Å². The molecule has 0 aliphatic carbocycles. The molecular weight excluding hydrogens is 372 g/mol. The summed E-state index contributed by atoms with van der Waals surface area (Å²) >= 11 is 3.47. The Labute approximate surface area is 153 Å². The fourth-order valence-corrected chi connectivity index (χ4v) is 2.95. The molecule has 1 aromatic carbocycles. The van der Waals surface area contributed by atoms with Gasteiger partial charge < -0.3 is 14.8 Å². The first-order chi connectivity index (χ1) is 11.4. The van der Waals surface area contributed by atoms with Crippen LogP contribution in [0.25, 0.3) is 0 Å². The van der Waals surface area contributed by atoms with Crippen molar-refractivity contribution in [3.8, 4) is 11.5 Å². The van der Waals surface area contributed by atoms with E-state index in [9.17, 15) is 4.79 Å². The molecule has 6 heteroatoms. The van der Waals surface area contributed by atoms with E-state index in [4.69, 9.17) is 9.47 Å². The zero-order chi connectivity index (χ0) is 18.1. The number of amides is 1. The molecule has 1 amide bonds. The van der Waals surface area contributed by atoms with Gasteiger partial charge in [-0.25, -0.2) is 0 Å². The summed E-state index contributed by atoms with van der Waals surface area (Å²) in [5.74, 6) is 1.07. The third-order valence-electron chi connectivity index (χ3n) is 3.76. The van der Waals surface area contributed by atoms with E-state index in [-0.39, 0.29) is 5.91 Å². The maximum Gasteiger partial charge on any atom is 0.251 e. The van der Waals surface area contributed by atoms with Crippen molar-refractivity contribution in [2.24, 2.45) is 0 Å². The van der Waals surface area contributed by atoms with E-state index in [0.29, 0.717) is 36.3 Å². The van der Waals surface area contributed by atoms with Crippen molar-refractivity contribution in [3.63, 3.8) is 0 Å². The molecule has 0 spiro atoms. The Morgan fingerprint density at radius 1 is 1.33 bits per heavy atom. The number of likely N-dealkylation sites (N-methyl/N-ethyl adjacent to an activating group) is 1. The van der Waals surface area contributed by atoms with Gasteiger partial charge in [0.15, 0.2) is 11.5 Å². The number of rotatable bonds is 10. The highest BCUT2D eigenvalue weighted by Crippen LogP contribution is 2.36. The SMILES string of the molecule is CCCOc1c(Br)cc(C(=O)NCCN(CC)C(C)C)cc1OC. The summed E-state index contributed by atoms with van der Waals surface area (Å²) in [6.07, 6.45) is 0.904. The third-order valence-corrected chi connectivity index (χ3v) is 4.35. The lowest BCUT2D eigenvalue weighted by atomic mass is 10.2. The van der Waals surface area contributed by atoms with Gasteiger partial charge in [0.2, 0.25) is 0 Å². The lowest BCUT2D eigenvalue weighted by Gasteiger charge is -2.24. The van der Waals surface area contributed by atoms with Gasteiger partial charge in [-0.2, -0.15) is 0 Å². The van der Waals surface area contributed by atoms with Gasteiger partial charge in [-0.3, -0.25) is 9.69 Å². The number of nitrogens with one attached hydrogen (secondary N) is 1. The standard InChI is InChI=1S/C18H29BrN2O3/c1-6-10-24-17-15(19)11-14(12-16(17)23-5)18(22)20-8-9-21(7-2)13(3)4/h11-13H,6-10H2,1-5H3,(H,20,22). The Morgan fingerprint density at radius 3 is 2.58 bits per heavy atom. The molecule has 0 fully saturated rings. The van der Waals surface area contributed by atoms with E-state index >= 15 is 0 Å². The van der Waals surface area contributed by atoms with E-state index in [1.807, 2.05) is 6.92 Å². The van der Waals surface area contributed by atoms with Crippen molar-refractivity contribution in [2.45, 2.75) is 40.2 Å². The van der Waals surface area contributed by atoms with Crippen LogP contribution >= 0.6 is 15.9 Å². The third kappa shape index (κ3) is 5.98. The molecule has 0 bridgehead atoms. The second kappa shape index (κ2) is 10.6. The highest BCUT2D eigenvalue weighted by molar-refractivity contribution is 9.10. The molecule has 1 aromatic rings. The monoisotopic (exact) mass is 400 g/mol. The van der Waals surface area contributed by atoms with Crippen LogP contribution in [0.15, 0.2) is 16.6 Å². The van der Waals surface area contributed by atoms with Gasteiger partial charge in [-0.15, -0.1) is 0 Å². The maximum atomic E-state index is 12.4. The van der Waals surface area contributed by atoms with Crippen molar-refractivity contribution in [3.05, 3.63) is 22.2 Å². The summed E-state index contributed by atoms with van der Waals surface area (Å²) in [6, 6.07) is 3.95. The molecule has 1 N–H and O–H groups in total. The van der Waals surface area contributed by atoms with Gasteiger partial charge in [0.25, 0.3) is 5.91 Å². The zero-order valence-electron chi connectivity index (χ0n) is 15.3. The topological polar surface area (TPSA) is 50.8 Å². The van der Waals surface area contributed by atoms with Gasteiger partial charge in [0.05, 0.1) is 18.2 Å². The summed E-state index contributed by atoms with van der Waals surface area (Å²) in [5.41, 5.74) is 0.551. The van der Waals surface area contributed by atoms with Crippen LogP contribution in [0, 0.1) is 0 Å². The molecule has 24 heavy (non-hydrogen) atoms. The summed E-state index contributed by atoms with van der Waals surface area (Å²) in [4.78, 5) is 14.7. The first-order valence-corrected chi connectivity index (χ1v) is 9.26. The number of carbonyl (C=O) groups excluding carboxylic acids is 1. The van der Waals surface area contributed by atoms with E-state index < -0.39 is 0 Å². The molecule has 136 valence electrons. The Morgan fingerprint density at radius 2 is 2.04 bits per heavy atom. The van der Waals surface area contributed by atoms with Gasteiger partial charge in [-0.05, 0) is 54.9 Å². The largest absolute Gasteiger partial charge is 0.493 e. The zero-order valence-corrected chi connectivity index (χ0v) is 16.9. The number of hydrogen-bond acceptors (Lipinski definition) is 4. The predicted octanol–water partition coefficient (Wildman–Crippen LogP) is 3.71. The predicted molar refractivity (Wildman–Crippen MR) is 101 cm³/mol. The summed E-state index contributed by atoms with van der Waals surface area (Å²) < 4.78 is 11.8. The van der Waals surface area contributed by atoms with Crippen LogP contribution in [0.4, 0.5) is 0 Å². The fraction of sp³-hybridized carbons (Fsp3) is 0.611. The minimum absolute atomic E-state index is 0.115. The Hall–Kier alpha value is -1.27. The Bertz CT molecular complexity index is 535. The number of benzene rings is 1. The van der Waals surface area contributed by atoms with Crippen LogP contribution in [-0.2, 0) is 0 Å². The number of hydrogen-bond donors (Lipinski definition) is 1. The minimum atomic E-state index is -0.115. The van der Waals surface area contributed by atoms with Crippen molar-refractivity contribution in [1.29, 1.82) is 0 Å². The lowest BCUT2D eigenvalue weighted by Crippen LogP contribution is -2.38. The molecule has 0 heterocycles. The number of nitrogens with zero attached hydrogens (tertiary/aromatic N) is 1. The van der Waals surface area contributed by atoms with Crippen LogP contribution in [-0.4, -0.2) is 50.2 Å². The van der Waals surface area contributed by atoms with E-state index in [2.05, 4.69) is 46.9 Å². The molecule has 0 atom stereocenters. The Kier molecular flexibility index (Phi) is 9.14. The molecule has 5 nitrogen and oxygen atoms in total. The summed E-state index contributed by atoms with van der Waals surface area (Å²) in [5, 5.41) is 2.96. The molecule has 0 aliphatic heterocycles. The van der Waals surface area contributed by atoms with Crippen LogP contribution in [0.2, 0.25) is 0 Å². The van der Waals surface area contributed by atoms with Crippen LogP contribution in [0.3, 0.4) is 0 Å². The smallest absolute Gasteiger partial charge is 0.251 e. The molecule has 0 saturated heterocycles. The second-order valence-electron chi connectivity index (χ2n) is 5.82. The lowest BCUT2D eigenvalue weighted by molar-refractivity contribution is 0.0945. The molecule has 0 aromatic heterocycles. The first kappa shape index (κ1) is 20.8. The van der Waals surface area contributed by atoms with Crippen molar-refractivity contribution in [1.82, 2.24) is 10.2 Å². The van der Waals surface area contributed by atoms with Crippen LogP contribution < -0.4 is 14.8 Å². The van der Waals surface area contributed by atoms with E-state index in [0.717, 1.165) is 24.0 Å². The number of methoxy groups -OCH3 is 1. The van der Waals surface area contributed by atoms with Crippen molar-refractivity contribution in [2.75, 3.05) is 33.4 Å². The number of halogens is 1. The number of carbonyl (C=O) groups is 1. The second-order valence-corrected chi connectivity index (χ2v) is 6.67.